The van der Waals surface area contributed by atoms with Crippen molar-refractivity contribution in [2.75, 3.05) is 27.3 Å². The first kappa shape index (κ1) is 14.7. The summed E-state index contributed by atoms with van der Waals surface area (Å²) in [6.07, 6.45) is 1.93. The summed E-state index contributed by atoms with van der Waals surface area (Å²) < 4.78 is 10.6. The number of piperidine rings is 1. The van der Waals surface area contributed by atoms with Gasteiger partial charge in [0.25, 0.3) is 5.91 Å². The summed E-state index contributed by atoms with van der Waals surface area (Å²) in [5.74, 6) is 1.26. The molecule has 0 spiro atoms. The van der Waals surface area contributed by atoms with Gasteiger partial charge < -0.3 is 20.1 Å². The molecule has 1 heterocycles. The van der Waals surface area contributed by atoms with Gasteiger partial charge in [-0.2, -0.15) is 0 Å². The fourth-order valence-electron chi connectivity index (χ4n) is 2.45. The number of hydrogen-bond acceptors (Lipinski definition) is 4. The first-order valence-electron chi connectivity index (χ1n) is 6.90. The summed E-state index contributed by atoms with van der Waals surface area (Å²) in [7, 11) is 3.19. The van der Waals surface area contributed by atoms with Crippen LogP contribution in [0.1, 0.15) is 28.8 Å². The Morgan fingerprint density at radius 3 is 2.25 bits per heavy atom. The van der Waals surface area contributed by atoms with Crippen molar-refractivity contribution in [2.24, 2.45) is 0 Å². The topological polar surface area (TPSA) is 59.6 Å². The van der Waals surface area contributed by atoms with Crippen LogP contribution in [0.4, 0.5) is 0 Å². The fraction of sp³-hybridized carbons (Fsp3) is 0.533. The minimum atomic E-state index is -0.0755. The number of benzene rings is 1. The Bertz CT molecular complexity index is 457. The number of ether oxygens (including phenoxy) is 2. The number of methoxy groups -OCH3 is 2. The molecule has 1 saturated heterocycles. The molecule has 0 bridgehead atoms. The molecule has 2 N–H and O–H groups in total. The Morgan fingerprint density at radius 1 is 1.20 bits per heavy atom. The molecule has 0 aliphatic carbocycles. The number of amides is 1. The largest absolute Gasteiger partial charge is 0.496 e. The van der Waals surface area contributed by atoms with E-state index in [1.807, 2.05) is 6.92 Å². The van der Waals surface area contributed by atoms with Crippen LogP contribution in [0.5, 0.6) is 11.5 Å². The third-order valence-corrected chi connectivity index (χ3v) is 3.69. The molecule has 0 aromatic heterocycles. The van der Waals surface area contributed by atoms with Crippen molar-refractivity contribution in [3.05, 3.63) is 23.3 Å². The first-order valence-corrected chi connectivity index (χ1v) is 6.90. The number of carbonyl (C=O) groups is 1. The molecular weight excluding hydrogens is 256 g/mol. The molecule has 1 aliphatic rings. The van der Waals surface area contributed by atoms with E-state index >= 15 is 0 Å². The van der Waals surface area contributed by atoms with Crippen LogP contribution in [0.25, 0.3) is 0 Å². The molecule has 1 aliphatic heterocycles. The van der Waals surface area contributed by atoms with Crippen molar-refractivity contribution in [3.8, 4) is 11.5 Å². The van der Waals surface area contributed by atoms with E-state index in [2.05, 4.69) is 10.6 Å². The van der Waals surface area contributed by atoms with Gasteiger partial charge in [-0.25, -0.2) is 0 Å². The summed E-state index contributed by atoms with van der Waals surface area (Å²) >= 11 is 0. The van der Waals surface area contributed by atoms with Gasteiger partial charge in [-0.05, 0) is 45.0 Å². The molecule has 0 atom stereocenters. The Morgan fingerprint density at radius 2 is 1.75 bits per heavy atom. The zero-order valence-corrected chi connectivity index (χ0v) is 12.3. The van der Waals surface area contributed by atoms with Crippen molar-refractivity contribution >= 4 is 5.91 Å². The summed E-state index contributed by atoms with van der Waals surface area (Å²) in [5, 5.41) is 6.35. The summed E-state index contributed by atoms with van der Waals surface area (Å²) in [6.45, 7) is 3.81. The first-order chi connectivity index (χ1) is 9.65. The van der Waals surface area contributed by atoms with E-state index in [1.165, 1.54) is 0 Å². The monoisotopic (exact) mass is 278 g/mol. The summed E-state index contributed by atoms with van der Waals surface area (Å²) in [6, 6.07) is 3.75. The highest BCUT2D eigenvalue weighted by Gasteiger charge is 2.18. The van der Waals surface area contributed by atoms with Crippen LogP contribution in [0.3, 0.4) is 0 Å². The van der Waals surface area contributed by atoms with E-state index in [0.29, 0.717) is 17.1 Å². The molecular formula is C15H22N2O3. The van der Waals surface area contributed by atoms with E-state index < -0.39 is 0 Å². The lowest BCUT2D eigenvalue weighted by Gasteiger charge is -2.24. The van der Waals surface area contributed by atoms with Gasteiger partial charge in [0, 0.05) is 17.2 Å². The second-order valence-electron chi connectivity index (χ2n) is 5.00. The minimum absolute atomic E-state index is 0.0755. The molecule has 110 valence electrons. The average Bonchev–Trinajstić information content (AvgIpc) is 2.48. The Hall–Kier alpha value is -1.75. The van der Waals surface area contributed by atoms with Crippen molar-refractivity contribution in [1.82, 2.24) is 10.6 Å². The Kier molecular flexibility index (Phi) is 4.84. The van der Waals surface area contributed by atoms with Gasteiger partial charge >= 0.3 is 0 Å². The lowest BCUT2D eigenvalue weighted by Crippen LogP contribution is -2.42. The predicted octanol–water partition coefficient (Wildman–Crippen LogP) is 1.49. The van der Waals surface area contributed by atoms with Gasteiger partial charge in [0.05, 0.1) is 14.2 Å². The molecule has 1 aromatic rings. The van der Waals surface area contributed by atoms with Crippen LogP contribution in [-0.4, -0.2) is 39.3 Å². The summed E-state index contributed by atoms with van der Waals surface area (Å²) in [5.41, 5.74) is 1.47. The second kappa shape index (κ2) is 6.61. The maximum absolute atomic E-state index is 12.3. The quantitative estimate of drug-likeness (QED) is 0.876. The van der Waals surface area contributed by atoms with Crippen LogP contribution in [0.15, 0.2) is 12.1 Å². The molecule has 1 fully saturated rings. The number of nitrogens with one attached hydrogen (secondary N) is 2. The number of carbonyl (C=O) groups excluding carboxylic acids is 1. The zero-order valence-electron chi connectivity index (χ0n) is 12.3. The molecule has 0 radical (unpaired) electrons. The smallest absolute Gasteiger partial charge is 0.251 e. The highest BCUT2D eigenvalue weighted by atomic mass is 16.5. The Labute approximate surface area is 119 Å². The van der Waals surface area contributed by atoms with Crippen molar-refractivity contribution in [3.63, 3.8) is 0 Å². The minimum Gasteiger partial charge on any atom is -0.496 e. The van der Waals surface area contributed by atoms with Crippen molar-refractivity contribution < 1.29 is 14.3 Å². The second-order valence-corrected chi connectivity index (χ2v) is 5.00. The van der Waals surface area contributed by atoms with E-state index in [4.69, 9.17) is 9.47 Å². The van der Waals surface area contributed by atoms with Crippen LogP contribution < -0.4 is 20.1 Å². The molecule has 5 heteroatoms. The standard InChI is InChI=1S/C15H22N2O3/c1-10-13(19-2)8-11(9-14(10)20-3)15(18)17-12-4-6-16-7-5-12/h8-9,12,16H,4-7H2,1-3H3,(H,17,18). The maximum Gasteiger partial charge on any atom is 0.251 e. The zero-order chi connectivity index (χ0) is 14.5. The number of rotatable bonds is 4. The lowest BCUT2D eigenvalue weighted by molar-refractivity contribution is 0.0929. The molecule has 5 nitrogen and oxygen atoms in total. The van der Waals surface area contributed by atoms with E-state index in [1.54, 1.807) is 26.4 Å². The van der Waals surface area contributed by atoms with Gasteiger partial charge in [-0.1, -0.05) is 0 Å². The van der Waals surface area contributed by atoms with Gasteiger partial charge in [-0.15, -0.1) is 0 Å². The van der Waals surface area contributed by atoms with Crippen LogP contribution in [0.2, 0.25) is 0 Å². The molecule has 0 unspecified atom stereocenters. The summed E-state index contributed by atoms with van der Waals surface area (Å²) in [4.78, 5) is 12.3. The van der Waals surface area contributed by atoms with E-state index in [9.17, 15) is 4.79 Å². The third-order valence-electron chi connectivity index (χ3n) is 3.69. The van der Waals surface area contributed by atoms with Crippen LogP contribution in [-0.2, 0) is 0 Å². The molecule has 0 saturated carbocycles. The van der Waals surface area contributed by atoms with E-state index in [-0.39, 0.29) is 11.9 Å². The average molecular weight is 278 g/mol. The molecule has 20 heavy (non-hydrogen) atoms. The van der Waals surface area contributed by atoms with E-state index in [0.717, 1.165) is 31.5 Å². The fourth-order valence-corrected chi connectivity index (χ4v) is 2.45. The molecule has 2 rings (SSSR count). The highest BCUT2D eigenvalue weighted by molar-refractivity contribution is 5.95. The maximum atomic E-state index is 12.3. The third kappa shape index (κ3) is 3.22. The normalized spacial score (nSPS) is 15.8. The van der Waals surface area contributed by atoms with Gasteiger partial charge in [0.1, 0.15) is 11.5 Å². The highest BCUT2D eigenvalue weighted by Crippen LogP contribution is 2.29. The lowest BCUT2D eigenvalue weighted by atomic mass is 10.0. The number of hydrogen-bond donors (Lipinski definition) is 2. The Balaban J connectivity index is 2.16. The van der Waals surface area contributed by atoms with Crippen molar-refractivity contribution in [2.45, 2.75) is 25.8 Å². The molecule has 1 aromatic carbocycles. The SMILES string of the molecule is COc1cc(C(=O)NC2CCNCC2)cc(OC)c1C. The van der Waals surface area contributed by atoms with Crippen LogP contribution >= 0.6 is 0 Å². The molecule has 1 amide bonds. The van der Waals surface area contributed by atoms with Gasteiger partial charge in [0.2, 0.25) is 0 Å². The van der Waals surface area contributed by atoms with Gasteiger partial charge in [-0.3, -0.25) is 4.79 Å². The predicted molar refractivity (Wildman–Crippen MR) is 77.6 cm³/mol. The van der Waals surface area contributed by atoms with Gasteiger partial charge in [0.15, 0.2) is 0 Å². The van der Waals surface area contributed by atoms with Crippen molar-refractivity contribution in [1.29, 1.82) is 0 Å². The van der Waals surface area contributed by atoms with Crippen LogP contribution in [0, 0.1) is 6.92 Å².